The topological polar surface area (TPSA) is 583 Å². The maximum atomic E-state index is 12.2. The quantitative estimate of drug-likeness (QED) is 0.0271. The first-order valence-electron chi connectivity index (χ1n) is 41.8. The van der Waals surface area contributed by atoms with Crippen LogP contribution in [0.4, 0.5) is 0 Å². The van der Waals surface area contributed by atoms with Gasteiger partial charge in [-0.15, -0.1) is 0 Å². The lowest BCUT2D eigenvalue weighted by molar-refractivity contribution is -0.150. The van der Waals surface area contributed by atoms with Crippen molar-refractivity contribution >= 4 is 94.0 Å². The first-order valence-corrected chi connectivity index (χ1v) is 41.8. The second-order valence-corrected chi connectivity index (χ2v) is 34.4. The first kappa shape index (κ1) is 105. The average Bonchev–Trinajstić information content (AvgIpc) is 1.70. The van der Waals surface area contributed by atoms with E-state index in [1.807, 2.05) is 34.6 Å². The molecule has 642 valence electrons. The number of hydrogen-bond acceptors (Lipinski definition) is 21. The number of carbonyl (C=O) groups excluding carboxylic acids is 5. The van der Waals surface area contributed by atoms with Gasteiger partial charge in [0, 0.05) is 30.2 Å². The van der Waals surface area contributed by atoms with Crippen LogP contribution in [0.15, 0.2) is 0 Å². The van der Waals surface area contributed by atoms with E-state index in [4.69, 9.17) is 33.8 Å². The van der Waals surface area contributed by atoms with Crippen LogP contribution >= 0.6 is 0 Å². The minimum atomic E-state index is -0.967. The predicted molar refractivity (Wildman–Crippen MR) is 439 cm³/mol. The Bertz CT molecular complexity index is 2780. The molecule has 0 spiro atoms. The molecule has 0 heterocycles. The van der Waals surface area contributed by atoms with Crippen molar-refractivity contribution in [2.24, 2.45) is 67.6 Å². The molecule has 5 aliphatic carbocycles. The number of carbonyl (C=O) groups is 10. The Morgan fingerprint density at radius 1 is 0.375 bits per heavy atom. The minimum Gasteiger partial charge on any atom is -0.481 e. The molecular formula is C76H147B5N10O21. The van der Waals surface area contributed by atoms with Gasteiger partial charge in [0.2, 0.25) is 29.5 Å². The molecule has 0 radical (unpaired) electrons. The molecule has 0 unspecified atom stereocenters. The lowest BCUT2D eigenvalue weighted by Crippen LogP contribution is -2.48. The van der Waals surface area contributed by atoms with Crippen LogP contribution in [0.1, 0.15) is 247 Å². The zero-order valence-electron chi connectivity index (χ0n) is 69.4. The fourth-order valence-electron chi connectivity index (χ4n) is 16.3. The molecule has 26 N–H and O–H groups in total. The van der Waals surface area contributed by atoms with Gasteiger partial charge in [0.15, 0.2) is 0 Å². The Kier molecular flexibility index (Phi) is 49.5. The molecule has 15 atom stereocenters. The predicted octanol–water partition coefficient (Wildman–Crippen LogP) is 5.31. The highest BCUT2D eigenvalue weighted by Crippen LogP contribution is 2.47. The number of amides is 5. The molecule has 5 amide bonds. The second kappa shape index (κ2) is 53.0. The summed E-state index contributed by atoms with van der Waals surface area (Å²) in [5, 5.41) is 117. The number of aliphatic hydroxyl groups is 1. The van der Waals surface area contributed by atoms with Gasteiger partial charge in [-0.3, -0.25) is 47.9 Å². The highest BCUT2D eigenvalue weighted by molar-refractivity contribution is 6.49. The van der Waals surface area contributed by atoms with E-state index in [1.165, 1.54) is 0 Å². The zero-order valence-corrected chi connectivity index (χ0v) is 69.4. The van der Waals surface area contributed by atoms with Crippen molar-refractivity contribution in [3.8, 4) is 0 Å². The standard InChI is InChI=1S/2C17H33BN2O4.C15H29BN2O4.C14H27BN2O5.C13H25BN2O4/c1-12(2)10-14(19)15(21)20-13-6-8-17(11-13,16(22)23)7-4-5-9-18(3)24;1-4-12(2)14(19)15(21)20-13-7-9-17(11-13,16(22)23)8-5-6-10-18(3)24;1-3-12(17)13(19)18-11-6-8-15(10-11,14(20)21)7-4-5-9-16(2)22;1-15(22)7-3-2-5-14(13(20)21)6-4-10(8-14)17-12(19)11(16)9-18;1-14(20)7-3-2-5-13(12(18)19)6-4-10(8-13)16-11(17)9-15/h2*12-14,24H,4-11,19H2,1-3H3,(H,20,21)(H,22,23);11-12,22H,3-10,17H2,1-2H3,(H,18,19)(H,20,21);10-11,18,22H,2-9,16H2,1H3,(H,17,19)(H,20,21);10,20H,2-9,15H2,1H3,(H,16,17)(H,18,19)/t13-,14-,17+;12-,13-,14-,17+;11-,12-,15+;10-,11-,14+;10-,13+/m00000/s1. The maximum Gasteiger partial charge on any atom is 0.309 e. The highest BCUT2D eigenvalue weighted by Gasteiger charge is 2.50. The van der Waals surface area contributed by atoms with Crippen LogP contribution in [0.2, 0.25) is 65.7 Å². The zero-order chi connectivity index (χ0) is 85.3. The summed E-state index contributed by atoms with van der Waals surface area (Å²) in [5.41, 5.74) is 24.5. The molecule has 5 rings (SSSR count). The van der Waals surface area contributed by atoms with Crippen LogP contribution in [0.3, 0.4) is 0 Å². The number of unbranched alkanes of at least 4 members (excludes halogenated alkanes) is 5. The van der Waals surface area contributed by atoms with Gasteiger partial charge in [-0.1, -0.05) is 139 Å². The first-order chi connectivity index (χ1) is 52.4. The van der Waals surface area contributed by atoms with E-state index in [0.29, 0.717) is 179 Å². The largest absolute Gasteiger partial charge is 0.481 e. The van der Waals surface area contributed by atoms with Gasteiger partial charge in [-0.25, -0.2) is 0 Å². The fraction of sp³-hybridized carbons (Fsp3) is 0.868. The number of aliphatic carboxylic acids is 5. The van der Waals surface area contributed by atoms with Crippen LogP contribution < -0.4 is 55.3 Å². The Morgan fingerprint density at radius 3 is 0.830 bits per heavy atom. The van der Waals surface area contributed by atoms with Gasteiger partial charge >= 0.3 is 29.8 Å². The van der Waals surface area contributed by atoms with Crippen LogP contribution in [-0.2, 0) is 47.9 Å². The number of carboxylic acids is 5. The third-order valence-corrected chi connectivity index (χ3v) is 23.8. The van der Waals surface area contributed by atoms with E-state index in [2.05, 4.69) is 26.6 Å². The molecule has 0 aliphatic heterocycles. The number of aliphatic hydroxyl groups excluding tert-OH is 1. The third kappa shape index (κ3) is 38.1. The van der Waals surface area contributed by atoms with Crippen molar-refractivity contribution < 1.29 is 104 Å². The second-order valence-electron chi connectivity index (χ2n) is 34.4. The van der Waals surface area contributed by atoms with Crippen LogP contribution in [-0.4, -0.2) is 217 Å². The van der Waals surface area contributed by atoms with Gasteiger partial charge in [0.1, 0.15) is 6.04 Å². The van der Waals surface area contributed by atoms with E-state index in [1.54, 1.807) is 34.1 Å². The summed E-state index contributed by atoms with van der Waals surface area (Å²) < 4.78 is 0. The summed E-state index contributed by atoms with van der Waals surface area (Å²) in [6.45, 7) is 16.3. The summed E-state index contributed by atoms with van der Waals surface area (Å²) in [7, 11) is 0. The summed E-state index contributed by atoms with van der Waals surface area (Å²) in [4.78, 5) is 118. The number of carboxylic acid groups (broad SMARTS) is 5. The molecule has 5 saturated carbocycles. The molecule has 0 saturated heterocycles. The van der Waals surface area contributed by atoms with Crippen LogP contribution in [0, 0.1) is 38.9 Å². The van der Waals surface area contributed by atoms with Crippen LogP contribution in [0.5, 0.6) is 0 Å². The Labute approximate surface area is 668 Å². The molecule has 5 aliphatic rings. The summed E-state index contributed by atoms with van der Waals surface area (Å²) >= 11 is 0. The van der Waals surface area contributed by atoms with E-state index in [9.17, 15) is 98.6 Å². The van der Waals surface area contributed by atoms with Crippen molar-refractivity contribution in [1.82, 2.24) is 26.6 Å². The smallest absolute Gasteiger partial charge is 0.309 e. The minimum absolute atomic E-state index is 0.0645. The molecule has 0 aromatic rings. The molecule has 112 heavy (non-hydrogen) atoms. The van der Waals surface area contributed by atoms with E-state index in [0.717, 1.165) is 70.6 Å². The molecule has 36 heteroatoms. The van der Waals surface area contributed by atoms with Gasteiger partial charge in [0.05, 0.1) is 58.4 Å². The Hall–Kier alpha value is -5.42. The van der Waals surface area contributed by atoms with Gasteiger partial charge in [-0.05, 0) is 185 Å². The van der Waals surface area contributed by atoms with Gasteiger partial charge in [0.25, 0.3) is 34.6 Å². The summed E-state index contributed by atoms with van der Waals surface area (Å²) in [6, 6.07) is -3.17. The Balaban J connectivity index is 0.000000701. The number of rotatable bonds is 46. The molecule has 31 nitrogen and oxygen atoms in total. The molecule has 0 aromatic carbocycles. The van der Waals surface area contributed by atoms with Gasteiger partial charge in [-0.2, -0.15) is 0 Å². The fourth-order valence-corrected chi connectivity index (χ4v) is 16.3. The molecule has 0 aromatic heterocycles. The lowest BCUT2D eigenvalue weighted by Gasteiger charge is -2.25. The van der Waals surface area contributed by atoms with Crippen molar-refractivity contribution in [1.29, 1.82) is 0 Å². The summed E-state index contributed by atoms with van der Waals surface area (Å²) in [6.07, 6.45) is 24.9. The number of nitrogens with one attached hydrogen (secondary N) is 5. The number of nitrogens with two attached hydrogens (primary N) is 5. The van der Waals surface area contributed by atoms with Gasteiger partial charge < -0.3 is 111 Å². The molecular weight excluding hydrogens is 1440 g/mol. The Morgan fingerprint density at radius 2 is 0.616 bits per heavy atom. The van der Waals surface area contributed by atoms with Crippen molar-refractivity contribution in [3.63, 3.8) is 0 Å². The van der Waals surface area contributed by atoms with Crippen LogP contribution in [0.25, 0.3) is 0 Å². The summed E-state index contributed by atoms with van der Waals surface area (Å²) in [5.74, 6) is -4.69. The normalized spacial score (nSPS) is 25.5. The van der Waals surface area contributed by atoms with Crippen molar-refractivity contribution in [3.05, 3.63) is 0 Å². The maximum absolute atomic E-state index is 12.2. The lowest BCUT2D eigenvalue weighted by atomic mass is 9.66. The van der Waals surface area contributed by atoms with E-state index < -0.39 is 93.6 Å². The highest BCUT2D eigenvalue weighted by atomic mass is 16.4. The third-order valence-electron chi connectivity index (χ3n) is 23.8. The monoisotopic (exact) mass is 1590 g/mol. The molecule has 0 bridgehead atoms. The average molecular weight is 1590 g/mol. The van der Waals surface area contributed by atoms with Crippen molar-refractivity contribution in [2.45, 2.75) is 367 Å². The van der Waals surface area contributed by atoms with E-state index >= 15 is 0 Å². The number of hydrogen-bond donors (Lipinski definition) is 21. The SMILES string of the molecule is CB(O)CCCC[C@@]1(C(=O)O)CC[C@H](NC(=O)CN)C1.CB(O)CCCC[C@@]1(C(=O)O)CC[C@H](NC(=O)[C@@H](N)CC(C)C)C1.CB(O)CCCC[C@@]1(C(=O)O)CC[C@H](NC(=O)[C@@H](N)CO)C1.CC[C@H](C)[C@H](N)C(=O)N[C@H]1CC[C@@](CCCCB(C)O)(C(=O)O)C1.CC[C@H](N)C(=O)N[C@H]1CC[C@@](CCCCB(C)O)(C(=O)O)C1. The van der Waals surface area contributed by atoms with E-state index in [-0.39, 0.29) is 101 Å². The molecule has 5 fully saturated rings. The van der Waals surface area contributed by atoms with Crippen molar-refractivity contribution in [2.75, 3.05) is 13.2 Å².